The molecule has 0 aliphatic heterocycles. The highest BCUT2D eigenvalue weighted by Gasteiger charge is 2.20. The third-order valence-electron chi connectivity index (χ3n) is 2.77. The van der Waals surface area contributed by atoms with Crippen LogP contribution in [0.1, 0.15) is 48.0 Å². The summed E-state index contributed by atoms with van der Waals surface area (Å²) >= 11 is 0. The Morgan fingerprint density at radius 3 is 1.85 bits per heavy atom. The third kappa shape index (κ3) is 5.30. The Bertz CT molecular complexity index is 118. The first-order valence-electron chi connectivity index (χ1n) is 5.72. The second-order valence-electron chi connectivity index (χ2n) is 4.88. The number of hydrogen-bond acceptors (Lipinski definition) is 1. The van der Waals surface area contributed by atoms with E-state index in [-0.39, 0.29) is 0 Å². The summed E-state index contributed by atoms with van der Waals surface area (Å²) in [5, 5.41) is 3.53. The summed E-state index contributed by atoms with van der Waals surface area (Å²) in [6.45, 7) is 14.9. The highest BCUT2D eigenvalue weighted by molar-refractivity contribution is 4.75. The highest BCUT2D eigenvalue weighted by atomic mass is 14.9. The summed E-state index contributed by atoms with van der Waals surface area (Å²) in [6, 6.07) is 0.660. The lowest BCUT2D eigenvalue weighted by Crippen LogP contribution is -2.36. The fourth-order valence-electron chi connectivity index (χ4n) is 2.07. The minimum atomic E-state index is 0.660. The van der Waals surface area contributed by atoms with Crippen molar-refractivity contribution >= 4 is 0 Å². The van der Waals surface area contributed by atoms with Crippen LogP contribution < -0.4 is 5.32 Å². The van der Waals surface area contributed by atoms with E-state index >= 15 is 0 Å². The van der Waals surface area contributed by atoms with Gasteiger partial charge in [0.1, 0.15) is 0 Å². The van der Waals surface area contributed by atoms with Gasteiger partial charge in [-0.15, -0.1) is 0 Å². The van der Waals surface area contributed by atoms with Crippen molar-refractivity contribution in [3.05, 3.63) is 0 Å². The molecule has 0 aliphatic rings. The molecule has 0 spiro atoms. The van der Waals surface area contributed by atoms with Crippen LogP contribution in [0.5, 0.6) is 0 Å². The van der Waals surface area contributed by atoms with Gasteiger partial charge in [0.2, 0.25) is 0 Å². The molecule has 1 nitrogen and oxygen atoms in total. The molecular formula is C12H27N. The van der Waals surface area contributed by atoms with Crippen molar-refractivity contribution in [1.29, 1.82) is 0 Å². The van der Waals surface area contributed by atoms with Gasteiger partial charge in [0.25, 0.3) is 0 Å². The Balaban J connectivity index is 4.07. The third-order valence-corrected chi connectivity index (χ3v) is 2.77. The fourth-order valence-corrected chi connectivity index (χ4v) is 2.07. The zero-order chi connectivity index (χ0) is 10.4. The average Bonchev–Trinajstić information content (AvgIpc) is 1.99. The van der Waals surface area contributed by atoms with Crippen molar-refractivity contribution in [3.8, 4) is 0 Å². The maximum Gasteiger partial charge on any atom is 0.00694 e. The lowest BCUT2D eigenvalue weighted by Gasteiger charge is -2.29. The topological polar surface area (TPSA) is 12.0 Å². The molecule has 0 fully saturated rings. The smallest absolute Gasteiger partial charge is 0.00694 e. The van der Waals surface area contributed by atoms with Crippen LogP contribution in [0, 0.1) is 17.8 Å². The second kappa shape index (κ2) is 6.42. The molecule has 2 atom stereocenters. The molecule has 0 rings (SSSR count). The van der Waals surface area contributed by atoms with E-state index in [0.717, 1.165) is 24.3 Å². The minimum Gasteiger partial charge on any atom is -0.314 e. The van der Waals surface area contributed by atoms with Gasteiger partial charge >= 0.3 is 0 Å². The average molecular weight is 185 g/mol. The van der Waals surface area contributed by atoms with E-state index in [1.54, 1.807) is 0 Å². The van der Waals surface area contributed by atoms with Gasteiger partial charge in [0.15, 0.2) is 0 Å². The van der Waals surface area contributed by atoms with Gasteiger partial charge in [-0.2, -0.15) is 0 Å². The molecule has 0 heterocycles. The lowest BCUT2D eigenvalue weighted by atomic mass is 9.82. The summed E-state index contributed by atoms with van der Waals surface area (Å²) in [5.41, 5.74) is 0. The molecule has 2 unspecified atom stereocenters. The van der Waals surface area contributed by atoms with E-state index in [1.165, 1.54) is 6.42 Å². The zero-order valence-electron chi connectivity index (χ0n) is 10.2. The van der Waals surface area contributed by atoms with Crippen LogP contribution in [0.3, 0.4) is 0 Å². The summed E-state index contributed by atoms with van der Waals surface area (Å²) in [5.74, 6) is 2.42. The molecule has 0 aromatic carbocycles. The van der Waals surface area contributed by atoms with Gasteiger partial charge in [0.05, 0.1) is 0 Å². The largest absolute Gasteiger partial charge is 0.314 e. The molecule has 0 aliphatic carbocycles. The van der Waals surface area contributed by atoms with Crippen molar-refractivity contribution in [2.24, 2.45) is 17.8 Å². The minimum absolute atomic E-state index is 0.660. The van der Waals surface area contributed by atoms with E-state index in [1.807, 2.05) is 0 Å². The number of nitrogens with one attached hydrogen (secondary N) is 1. The van der Waals surface area contributed by atoms with Gasteiger partial charge in [-0.3, -0.25) is 0 Å². The molecule has 0 amide bonds. The Morgan fingerprint density at radius 2 is 1.54 bits per heavy atom. The van der Waals surface area contributed by atoms with Crippen LogP contribution in [-0.4, -0.2) is 12.6 Å². The lowest BCUT2D eigenvalue weighted by molar-refractivity contribution is 0.249. The van der Waals surface area contributed by atoms with Crippen molar-refractivity contribution < 1.29 is 0 Å². The summed E-state index contributed by atoms with van der Waals surface area (Å²) in [7, 11) is 0. The molecular weight excluding hydrogens is 158 g/mol. The Morgan fingerprint density at radius 1 is 1.00 bits per heavy atom. The number of rotatable bonds is 6. The molecule has 0 bridgehead atoms. The van der Waals surface area contributed by atoms with Gasteiger partial charge in [-0.25, -0.2) is 0 Å². The Labute approximate surface area is 84.3 Å². The maximum absolute atomic E-state index is 3.53. The monoisotopic (exact) mass is 185 g/mol. The molecule has 13 heavy (non-hydrogen) atoms. The van der Waals surface area contributed by atoms with Crippen molar-refractivity contribution in [3.63, 3.8) is 0 Å². The summed E-state index contributed by atoms with van der Waals surface area (Å²) < 4.78 is 0. The Kier molecular flexibility index (Phi) is 6.40. The molecule has 0 aromatic heterocycles. The molecule has 0 aromatic rings. The van der Waals surface area contributed by atoms with Crippen molar-refractivity contribution in [1.82, 2.24) is 5.32 Å². The maximum atomic E-state index is 3.53. The first-order valence-corrected chi connectivity index (χ1v) is 5.72. The predicted molar refractivity (Wildman–Crippen MR) is 60.9 cm³/mol. The molecule has 1 heteroatoms. The van der Waals surface area contributed by atoms with Gasteiger partial charge in [-0.1, -0.05) is 34.6 Å². The van der Waals surface area contributed by atoms with Gasteiger partial charge in [0, 0.05) is 6.04 Å². The molecule has 1 N–H and O–H groups in total. The molecule has 0 radical (unpaired) electrons. The van der Waals surface area contributed by atoms with Gasteiger partial charge in [-0.05, 0) is 37.6 Å². The SMILES string of the molecule is CCNC(C)C(CC(C)C)C(C)C. The van der Waals surface area contributed by atoms with E-state index in [2.05, 4.69) is 46.9 Å². The van der Waals surface area contributed by atoms with Crippen molar-refractivity contribution in [2.45, 2.75) is 54.0 Å². The quantitative estimate of drug-likeness (QED) is 0.669. The molecule has 0 saturated heterocycles. The van der Waals surface area contributed by atoms with Crippen LogP contribution in [0.15, 0.2) is 0 Å². The second-order valence-corrected chi connectivity index (χ2v) is 4.88. The van der Waals surface area contributed by atoms with Crippen LogP contribution in [0.2, 0.25) is 0 Å². The van der Waals surface area contributed by atoms with E-state index in [4.69, 9.17) is 0 Å². The summed E-state index contributed by atoms with van der Waals surface area (Å²) in [4.78, 5) is 0. The first-order chi connectivity index (χ1) is 5.99. The zero-order valence-corrected chi connectivity index (χ0v) is 10.2. The fraction of sp³-hybridized carbons (Fsp3) is 1.00. The molecule has 0 saturated carbocycles. The predicted octanol–water partition coefficient (Wildman–Crippen LogP) is 3.30. The van der Waals surface area contributed by atoms with E-state index in [0.29, 0.717) is 6.04 Å². The van der Waals surface area contributed by atoms with Crippen molar-refractivity contribution in [2.75, 3.05) is 6.54 Å². The Hall–Kier alpha value is -0.0400. The standard InChI is InChI=1S/C12H27N/c1-7-13-11(6)12(10(4)5)8-9(2)3/h9-13H,7-8H2,1-6H3. The van der Waals surface area contributed by atoms with E-state index in [9.17, 15) is 0 Å². The van der Waals surface area contributed by atoms with Crippen LogP contribution in [0.4, 0.5) is 0 Å². The first kappa shape index (κ1) is 13.0. The van der Waals surface area contributed by atoms with Crippen LogP contribution >= 0.6 is 0 Å². The van der Waals surface area contributed by atoms with E-state index < -0.39 is 0 Å². The number of hydrogen-bond donors (Lipinski definition) is 1. The van der Waals surface area contributed by atoms with Crippen LogP contribution in [0.25, 0.3) is 0 Å². The molecule has 80 valence electrons. The van der Waals surface area contributed by atoms with Crippen LogP contribution in [-0.2, 0) is 0 Å². The highest BCUT2D eigenvalue weighted by Crippen LogP contribution is 2.23. The summed E-state index contributed by atoms with van der Waals surface area (Å²) in [6.07, 6.45) is 1.34. The van der Waals surface area contributed by atoms with Gasteiger partial charge < -0.3 is 5.32 Å². The normalized spacial score (nSPS) is 16.6.